The van der Waals surface area contributed by atoms with Gasteiger partial charge in [-0.15, -0.1) is 0 Å². The van der Waals surface area contributed by atoms with Crippen molar-refractivity contribution in [2.24, 2.45) is 0 Å². The SMILES string of the molecule is CCCCCCCCCCCCCCCCCC(=O)O[C@@H](C)C(=O)OCc1ccccc1. The van der Waals surface area contributed by atoms with E-state index in [2.05, 4.69) is 6.92 Å². The molecule has 1 atom stereocenters. The lowest BCUT2D eigenvalue weighted by molar-refractivity contribution is -0.167. The molecule has 4 heteroatoms. The number of hydrogen-bond acceptors (Lipinski definition) is 4. The Hall–Kier alpha value is -1.84. The maximum atomic E-state index is 12.0. The third-order valence-electron chi connectivity index (χ3n) is 5.85. The topological polar surface area (TPSA) is 52.6 Å². The number of benzene rings is 1. The van der Waals surface area contributed by atoms with Crippen LogP contribution in [0.1, 0.15) is 122 Å². The number of hydrogen-bond donors (Lipinski definition) is 0. The first-order valence-corrected chi connectivity index (χ1v) is 13.0. The van der Waals surface area contributed by atoms with Crippen molar-refractivity contribution in [3.05, 3.63) is 35.9 Å². The Balaban J connectivity index is 1.89. The van der Waals surface area contributed by atoms with Gasteiger partial charge in [0, 0.05) is 6.42 Å². The minimum Gasteiger partial charge on any atom is -0.458 e. The van der Waals surface area contributed by atoms with Crippen molar-refractivity contribution >= 4 is 11.9 Å². The largest absolute Gasteiger partial charge is 0.458 e. The third kappa shape index (κ3) is 15.9. The van der Waals surface area contributed by atoms with E-state index in [1.165, 1.54) is 83.5 Å². The maximum absolute atomic E-state index is 12.0. The van der Waals surface area contributed by atoms with Gasteiger partial charge in [0.05, 0.1) is 0 Å². The molecule has 0 aromatic heterocycles. The monoisotopic (exact) mass is 446 g/mol. The second-order valence-electron chi connectivity index (χ2n) is 8.93. The number of esters is 2. The first-order chi connectivity index (χ1) is 15.6. The van der Waals surface area contributed by atoms with Crippen LogP contribution in [0.3, 0.4) is 0 Å². The molecule has 32 heavy (non-hydrogen) atoms. The van der Waals surface area contributed by atoms with E-state index in [-0.39, 0.29) is 12.6 Å². The van der Waals surface area contributed by atoms with Crippen molar-refractivity contribution in [3.8, 4) is 0 Å². The summed E-state index contributed by atoms with van der Waals surface area (Å²) in [6, 6.07) is 9.47. The highest BCUT2D eigenvalue weighted by Crippen LogP contribution is 2.14. The number of unbranched alkanes of at least 4 members (excludes halogenated alkanes) is 14. The Morgan fingerprint density at radius 3 is 1.69 bits per heavy atom. The van der Waals surface area contributed by atoms with E-state index >= 15 is 0 Å². The summed E-state index contributed by atoms with van der Waals surface area (Å²) in [5, 5.41) is 0. The van der Waals surface area contributed by atoms with Gasteiger partial charge in [-0.2, -0.15) is 0 Å². The fourth-order valence-electron chi connectivity index (χ4n) is 3.79. The predicted molar refractivity (Wildman–Crippen MR) is 131 cm³/mol. The average Bonchev–Trinajstić information content (AvgIpc) is 2.80. The van der Waals surface area contributed by atoms with Gasteiger partial charge in [-0.1, -0.05) is 127 Å². The molecule has 0 aliphatic heterocycles. The van der Waals surface area contributed by atoms with Crippen molar-refractivity contribution in [1.29, 1.82) is 0 Å². The molecule has 0 saturated carbocycles. The predicted octanol–water partition coefficient (Wildman–Crippen LogP) is 7.92. The number of ether oxygens (including phenoxy) is 2. The second-order valence-corrected chi connectivity index (χ2v) is 8.93. The first kappa shape index (κ1) is 28.2. The van der Waals surface area contributed by atoms with Gasteiger partial charge in [-0.05, 0) is 18.9 Å². The molecule has 0 fully saturated rings. The Labute approximate surface area is 196 Å². The Bertz CT molecular complexity index is 584. The van der Waals surface area contributed by atoms with Gasteiger partial charge in [0.1, 0.15) is 6.61 Å². The summed E-state index contributed by atoms with van der Waals surface area (Å²) in [6.07, 6.45) is 18.9. The summed E-state index contributed by atoms with van der Waals surface area (Å²) in [7, 11) is 0. The van der Waals surface area contributed by atoms with Crippen LogP contribution in [0.25, 0.3) is 0 Å². The molecule has 1 aromatic carbocycles. The van der Waals surface area contributed by atoms with Gasteiger partial charge in [-0.3, -0.25) is 4.79 Å². The van der Waals surface area contributed by atoms with Crippen molar-refractivity contribution in [2.75, 3.05) is 0 Å². The first-order valence-electron chi connectivity index (χ1n) is 13.0. The van der Waals surface area contributed by atoms with E-state index in [1.54, 1.807) is 6.92 Å². The molecule has 0 aliphatic rings. The lowest BCUT2D eigenvalue weighted by Crippen LogP contribution is -2.26. The molecule has 1 aromatic rings. The van der Waals surface area contributed by atoms with E-state index in [1.807, 2.05) is 30.3 Å². The molecule has 0 radical (unpaired) electrons. The van der Waals surface area contributed by atoms with Gasteiger partial charge >= 0.3 is 11.9 Å². The molecule has 0 heterocycles. The normalized spacial score (nSPS) is 11.8. The standard InChI is InChI=1S/C28H46O4/c1-3-4-5-6-7-8-9-10-11-12-13-14-15-16-20-23-27(29)32-25(2)28(30)31-24-26-21-18-17-19-22-26/h17-19,21-22,25H,3-16,20,23-24H2,1-2H3/t25-/m0/s1. The second kappa shape index (κ2) is 19.8. The summed E-state index contributed by atoms with van der Waals surface area (Å²) in [5.74, 6) is -0.817. The summed E-state index contributed by atoms with van der Waals surface area (Å²) >= 11 is 0. The van der Waals surface area contributed by atoms with Gasteiger partial charge in [0.15, 0.2) is 6.10 Å². The molecule has 0 bridgehead atoms. The highest BCUT2D eigenvalue weighted by molar-refractivity contribution is 5.79. The van der Waals surface area contributed by atoms with Crippen LogP contribution >= 0.6 is 0 Å². The molecule has 0 saturated heterocycles. The average molecular weight is 447 g/mol. The minimum absolute atomic E-state index is 0.195. The molecule has 182 valence electrons. The van der Waals surface area contributed by atoms with Crippen LogP contribution in [0.15, 0.2) is 30.3 Å². The van der Waals surface area contributed by atoms with Crippen molar-refractivity contribution in [2.45, 2.75) is 129 Å². The Morgan fingerprint density at radius 2 is 1.19 bits per heavy atom. The van der Waals surface area contributed by atoms with Gasteiger partial charge in [-0.25, -0.2) is 4.79 Å². The van der Waals surface area contributed by atoms with E-state index in [4.69, 9.17) is 9.47 Å². The molecule has 4 nitrogen and oxygen atoms in total. The van der Waals surface area contributed by atoms with E-state index < -0.39 is 12.1 Å². The number of rotatable bonds is 20. The summed E-state index contributed by atoms with van der Waals surface area (Å²) < 4.78 is 10.4. The molecular formula is C28H46O4. The lowest BCUT2D eigenvalue weighted by Gasteiger charge is -2.13. The highest BCUT2D eigenvalue weighted by atomic mass is 16.6. The Morgan fingerprint density at radius 1 is 0.719 bits per heavy atom. The molecule has 0 amide bonds. The van der Waals surface area contributed by atoms with Crippen LogP contribution < -0.4 is 0 Å². The molecule has 0 aliphatic carbocycles. The van der Waals surface area contributed by atoms with Crippen molar-refractivity contribution in [3.63, 3.8) is 0 Å². The van der Waals surface area contributed by atoms with Gasteiger partial charge in [0.2, 0.25) is 0 Å². The maximum Gasteiger partial charge on any atom is 0.347 e. The lowest BCUT2D eigenvalue weighted by atomic mass is 10.0. The summed E-state index contributed by atoms with van der Waals surface area (Å²) in [6.45, 7) is 4.03. The fourth-order valence-corrected chi connectivity index (χ4v) is 3.79. The highest BCUT2D eigenvalue weighted by Gasteiger charge is 2.19. The zero-order chi connectivity index (χ0) is 23.3. The van der Waals surface area contributed by atoms with Crippen molar-refractivity contribution in [1.82, 2.24) is 0 Å². The van der Waals surface area contributed by atoms with E-state index in [0.717, 1.165) is 18.4 Å². The van der Waals surface area contributed by atoms with Gasteiger partial charge in [0.25, 0.3) is 0 Å². The van der Waals surface area contributed by atoms with Crippen LogP contribution in [-0.4, -0.2) is 18.0 Å². The molecule has 0 spiro atoms. The fraction of sp³-hybridized carbons (Fsp3) is 0.714. The summed E-state index contributed by atoms with van der Waals surface area (Å²) in [5.41, 5.74) is 0.914. The van der Waals surface area contributed by atoms with Gasteiger partial charge < -0.3 is 9.47 Å². The quantitative estimate of drug-likeness (QED) is 0.151. The minimum atomic E-state index is -0.859. The number of carbonyl (C=O) groups is 2. The van der Waals surface area contributed by atoms with Crippen LogP contribution in [0, 0.1) is 0 Å². The summed E-state index contributed by atoms with van der Waals surface area (Å²) in [4.78, 5) is 23.9. The van der Waals surface area contributed by atoms with Crippen LogP contribution in [-0.2, 0) is 25.7 Å². The smallest absolute Gasteiger partial charge is 0.347 e. The van der Waals surface area contributed by atoms with Crippen molar-refractivity contribution < 1.29 is 19.1 Å². The van der Waals surface area contributed by atoms with E-state index in [9.17, 15) is 9.59 Å². The molecule has 0 unspecified atom stereocenters. The number of carbonyl (C=O) groups excluding carboxylic acids is 2. The molecule has 0 N–H and O–H groups in total. The van der Waals surface area contributed by atoms with Crippen LogP contribution in [0.5, 0.6) is 0 Å². The zero-order valence-electron chi connectivity index (χ0n) is 20.6. The molecular weight excluding hydrogens is 400 g/mol. The third-order valence-corrected chi connectivity index (χ3v) is 5.85. The molecule has 1 rings (SSSR count). The Kier molecular flexibility index (Phi) is 17.5. The zero-order valence-corrected chi connectivity index (χ0v) is 20.6. The van der Waals surface area contributed by atoms with Crippen LogP contribution in [0.2, 0.25) is 0 Å². The van der Waals surface area contributed by atoms with Crippen LogP contribution in [0.4, 0.5) is 0 Å². The van der Waals surface area contributed by atoms with E-state index in [0.29, 0.717) is 6.42 Å².